The zero-order valence-corrected chi connectivity index (χ0v) is 10.7. The van der Waals surface area contributed by atoms with Crippen molar-refractivity contribution in [2.75, 3.05) is 5.32 Å². The monoisotopic (exact) mass is 253 g/mol. The molecule has 0 spiro atoms. The van der Waals surface area contributed by atoms with Gasteiger partial charge < -0.3 is 11.1 Å². The Balaban J connectivity index is 2.15. The first-order valence-electron chi connectivity index (χ1n) is 5.63. The fourth-order valence-corrected chi connectivity index (χ4v) is 1.92. The van der Waals surface area contributed by atoms with Crippen molar-refractivity contribution in [2.24, 2.45) is 11.7 Å². The predicted molar refractivity (Wildman–Crippen MR) is 67.9 cm³/mol. The molecule has 1 unspecified atom stereocenters. The molecule has 1 aromatic rings. The second kappa shape index (κ2) is 4.27. The second-order valence-electron chi connectivity index (χ2n) is 4.86. The lowest BCUT2D eigenvalue weighted by molar-refractivity contribution is -0.121. The molecular weight excluding hydrogens is 238 g/mol. The molecule has 1 saturated carbocycles. The van der Waals surface area contributed by atoms with Crippen LogP contribution in [-0.2, 0) is 4.79 Å². The number of amides is 1. The van der Waals surface area contributed by atoms with Gasteiger partial charge in [-0.3, -0.25) is 4.79 Å². The van der Waals surface area contributed by atoms with Crippen molar-refractivity contribution in [1.29, 1.82) is 0 Å². The molecule has 3 N–H and O–H groups in total. The van der Waals surface area contributed by atoms with E-state index in [1.165, 1.54) is 0 Å². The van der Waals surface area contributed by atoms with E-state index in [0.717, 1.165) is 18.4 Å². The SMILES string of the molecule is Cc1cnc(Cl)c(NC(=O)C(C)(N)C2CC2)c1. The zero-order valence-electron chi connectivity index (χ0n) is 9.96. The highest BCUT2D eigenvalue weighted by molar-refractivity contribution is 6.32. The Hall–Kier alpha value is -1.13. The minimum Gasteiger partial charge on any atom is -0.322 e. The van der Waals surface area contributed by atoms with Crippen LogP contribution in [0.3, 0.4) is 0 Å². The van der Waals surface area contributed by atoms with E-state index in [-0.39, 0.29) is 17.0 Å². The third-order valence-electron chi connectivity index (χ3n) is 3.14. The number of carbonyl (C=O) groups excluding carboxylic acids is 1. The number of nitrogens with two attached hydrogens (primary N) is 1. The van der Waals surface area contributed by atoms with Crippen LogP contribution in [0.1, 0.15) is 25.3 Å². The smallest absolute Gasteiger partial charge is 0.244 e. The number of nitrogens with zero attached hydrogens (tertiary/aromatic N) is 1. The molecule has 2 rings (SSSR count). The summed E-state index contributed by atoms with van der Waals surface area (Å²) in [5.74, 6) is 0.0772. The molecule has 1 fully saturated rings. The van der Waals surface area contributed by atoms with Crippen LogP contribution >= 0.6 is 11.6 Å². The Bertz CT molecular complexity index is 455. The summed E-state index contributed by atoms with van der Waals surface area (Å²) in [6.07, 6.45) is 3.68. The molecule has 17 heavy (non-hydrogen) atoms. The zero-order chi connectivity index (χ0) is 12.6. The predicted octanol–water partition coefficient (Wildman–Crippen LogP) is 2.11. The van der Waals surface area contributed by atoms with Crippen molar-refractivity contribution >= 4 is 23.2 Å². The Morgan fingerprint density at radius 3 is 2.88 bits per heavy atom. The van der Waals surface area contributed by atoms with Gasteiger partial charge in [-0.15, -0.1) is 0 Å². The van der Waals surface area contributed by atoms with Gasteiger partial charge in [0.05, 0.1) is 11.2 Å². The quantitative estimate of drug-likeness (QED) is 0.811. The fraction of sp³-hybridized carbons (Fsp3) is 0.500. The number of anilines is 1. The Morgan fingerprint density at radius 2 is 2.29 bits per heavy atom. The summed E-state index contributed by atoms with van der Waals surface area (Å²) in [6.45, 7) is 3.65. The number of pyridine rings is 1. The van der Waals surface area contributed by atoms with Crippen LogP contribution in [0, 0.1) is 12.8 Å². The number of hydrogen-bond acceptors (Lipinski definition) is 3. The van der Waals surface area contributed by atoms with Crippen LogP contribution in [0.25, 0.3) is 0 Å². The summed E-state index contributed by atoms with van der Waals surface area (Å²) in [7, 11) is 0. The Morgan fingerprint density at radius 1 is 1.65 bits per heavy atom. The summed E-state index contributed by atoms with van der Waals surface area (Å²) < 4.78 is 0. The summed E-state index contributed by atoms with van der Waals surface area (Å²) in [5.41, 5.74) is 6.66. The molecule has 1 heterocycles. The van der Waals surface area contributed by atoms with Crippen LogP contribution < -0.4 is 11.1 Å². The average Bonchev–Trinajstić information content (AvgIpc) is 3.07. The lowest BCUT2D eigenvalue weighted by atomic mass is 9.96. The third kappa shape index (κ3) is 2.58. The standard InChI is InChI=1S/C12H16ClN3O/c1-7-5-9(10(13)15-6-7)16-11(17)12(2,14)8-3-4-8/h5-6,8H,3-4,14H2,1-2H3,(H,16,17). The van der Waals surface area contributed by atoms with Crippen molar-refractivity contribution in [3.05, 3.63) is 23.0 Å². The summed E-state index contributed by atoms with van der Waals surface area (Å²) in [5, 5.41) is 3.04. The highest BCUT2D eigenvalue weighted by Gasteiger charge is 2.44. The second-order valence-corrected chi connectivity index (χ2v) is 5.22. The topological polar surface area (TPSA) is 68.0 Å². The van der Waals surface area contributed by atoms with Gasteiger partial charge >= 0.3 is 0 Å². The van der Waals surface area contributed by atoms with E-state index >= 15 is 0 Å². The van der Waals surface area contributed by atoms with Crippen LogP contribution in [-0.4, -0.2) is 16.4 Å². The van der Waals surface area contributed by atoms with E-state index in [2.05, 4.69) is 10.3 Å². The van der Waals surface area contributed by atoms with Crippen molar-refractivity contribution in [3.8, 4) is 0 Å². The molecule has 92 valence electrons. The highest BCUT2D eigenvalue weighted by Crippen LogP contribution is 2.38. The van der Waals surface area contributed by atoms with Gasteiger partial charge in [-0.1, -0.05) is 11.6 Å². The molecular formula is C12H16ClN3O. The van der Waals surface area contributed by atoms with E-state index in [1.54, 1.807) is 19.2 Å². The number of carbonyl (C=O) groups is 1. The first kappa shape index (κ1) is 12.3. The van der Waals surface area contributed by atoms with Crippen LogP contribution in [0.4, 0.5) is 5.69 Å². The van der Waals surface area contributed by atoms with Crippen LogP contribution in [0.5, 0.6) is 0 Å². The fourth-order valence-electron chi connectivity index (χ4n) is 1.77. The van der Waals surface area contributed by atoms with Gasteiger partial charge in [0.2, 0.25) is 5.91 Å². The number of halogens is 1. The largest absolute Gasteiger partial charge is 0.322 e. The van der Waals surface area contributed by atoms with E-state index in [4.69, 9.17) is 17.3 Å². The van der Waals surface area contributed by atoms with Gasteiger partial charge in [0.1, 0.15) is 0 Å². The van der Waals surface area contributed by atoms with Crippen LogP contribution in [0.15, 0.2) is 12.3 Å². The average molecular weight is 254 g/mol. The molecule has 1 aliphatic carbocycles. The van der Waals surface area contributed by atoms with E-state index in [0.29, 0.717) is 5.69 Å². The van der Waals surface area contributed by atoms with Gasteiger partial charge in [-0.05, 0) is 44.2 Å². The number of rotatable bonds is 3. The van der Waals surface area contributed by atoms with Gasteiger partial charge in [-0.25, -0.2) is 4.98 Å². The summed E-state index contributed by atoms with van der Waals surface area (Å²) in [4.78, 5) is 16.0. The van der Waals surface area contributed by atoms with E-state index < -0.39 is 5.54 Å². The van der Waals surface area contributed by atoms with Gasteiger partial charge in [0, 0.05) is 6.20 Å². The molecule has 1 aromatic heterocycles. The lowest BCUT2D eigenvalue weighted by Gasteiger charge is -2.23. The van der Waals surface area contributed by atoms with Gasteiger partial charge in [0.25, 0.3) is 0 Å². The molecule has 1 aliphatic rings. The summed E-state index contributed by atoms with van der Waals surface area (Å²) >= 11 is 5.92. The number of hydrogen-bond donors (Lipinski definition) is 2. The minimum absolute atomic E-state index is 0.200. The minimum atomic E-state index is -0.826. The van der Waals surface area contributed by atoms with Crippen molar-refractivity contribution in [3.63, 3.8) is 0 Å². The Labute approximate surface area is 106 Å². The normalized spacial score (nSPS) is 18.6. The molecule has 1 amide bonds. The molecule has 1 atom stereocenters. The molecule has 4 nitrogen and oxygen atoms in total. The molecule has 0 radical (unpaired) electrons. The maximum absolute atomic E-state index is 12.1. The first-order chi connectivity index (χ1) is 7.91. The Kier molecular flexibility index (Phi) is 3.10. The van der Waals surface area contributed by atoms with Crippen molar-refractivity contribution in [1.82, 2.24) is 4.98 Å². The maximum atomic E-state index is 12.1. The number of nitrogens with one attached hydrogen (secondary N) is 1. The third-order valence-corrected chi connectivity index (χ3v) is 3.44. The molecule has 0 bridgehead atoms. The van der Waals surface area contributed by atoms with Crippen molar-refractivity contribution in [2.45, 2.75) is 32.2 Å². The van der Waals surface area contributed by atoms with Crippen LogP contribution in [0.2, 0.25) is 5.15 Å². The molecule has 0 aliphatic heterocycles. The number of aromatic nitrogens is 1. The van der Waals surface area contributed by atoms with Crippen molar-refractivity contribution < 1.29 is 4.79 Å². The summed E-state index contributed by atoms with van der Waals surface area (Å²) in [6, 6.07) is 1.79. The van der Waals surface area contributed by atoms with E-state index in [1.807, 2.05) is 6.92 Å². The van der Waals surface area contributed by atoms with E-state index in [9.17, 15) is 4.79 Å². The highest BCUT2D eigenvalue weighted by atomic mass is 35.5. The number of aryl methyl sites for hydroxylation is 1. The maximum Gasteiger partial charge on any atom is 0.244 e. The lowest BCUT2D eigenvalue weighted by Crippen LogP contribution is -2.50. The van der Waals surface area contributed by atoms with Gasteiger partial charge in [0.15, 0.2) is 5.15 Å². The molecule has 5 heteroatoms. The van der Waals surface area contributed by atoms with Gasteiger partial charge in [-0.2, -0.15) is 0 Å². The molecule has 0 saturated heterocycles. The molecule has 0 aromatic carbocycles. The first-order valence-corrected chi connectivity index (χ1v) is 6.01.